The summed E-state index contributed by atoms with van der Waals surface area (Å²) in [6.45, 7) is 6.62. The molecule has 0 aromatic carbocycles. The predicted octanol–water partition coefficient (Wildman–Crippen LogP) is 6.82. The molecule has 0 saturated carbocycles. The molecule has 170 valence electrons. The average molecular weight is 408 g/mol. The summed E-state index contributed by atoms with van der Waals surface area (Å²) in [6.07, 6.45) is 25.8. The lowest BCUT2D eigenvalue weighted by molar-refractivity contribution is -0.122. The molecule has 0 bridgehead atoms. The van der Waals surface area contributed by atoms with Crippen LogP contribution in [0.5, 0.6) is 0 Å². The molecule has 0 spiro atoms. The van der Waals surface area contributed by atoms with Crippen molar-refractivity contribution in [2.45, 2.75) is 142 Å². The summed E-state index contributed by atoms with van der Waals surface area (Å²) >= 11 is 0. The lowest BCUT2D eigenvalue weighted by Crippen LogP contribution is -2.49. The highest BCUT2D eigenvalue weighted by atomic mass is 16.1. The minimum Gasteiger partial charge on any atom is -0.370 e. The van der Waals surface area contributed by atoms with Gasteiger partial charge < -0.3 is 15.5 Å². The van der Waals surface area contributed by atoms with Gasteiger partial charge in [0.2, 0.25) is 5.91 Å². The van der Waals surface area contributed by atoms with E-state index >= 15 is 0 Å². The van der Waals surface area contributed by atoms with Crippen LogP contribution >= 0.6 is 0 Å². The van der Waals surface area contributed by atoms with Crippen LogP contribution in [0.25, 0.3) is 0 Å². The second kappa shape index (κ2) is 17.7. The van der Waals surface area contributed by atoms with Crippen LogP contribution in [0.1, 0.15) is 130 Å². The van der Waals surface area contributed by atoms with Crippen LogP contribution < -0.4 is 10.6 Å². The Morgan fingerprint density at radius 1 is 0.862 bits per heavy atom. The van der Waals surface area contributed by atoms with Crippen LogP contribution in [0.4, 0.5) is 0 Å². The molecular weight excluding hydrogens is 358 g/mol. The Labute approximate surface area is 181 Å². The normalized spacial score (nSPS) is 16.8. The molecule has 1 aliphatic rings. The molecule has 0 aromatic heterocycles. The van der Waals surface area contributed by atoms with Crippen LogP contribution in [-0.4, -0.2) is 23.1 Å². The fourth-order valence-corrected chi connectivity index (χ4v) is 4.16. The molecule has 1 aliphatic heterocycles. The molecule has 4 nitrogen and oxygen atoms in total. The van der Waals surface area contributed by atoms with Crippen LogP contribution in [0.3, 0.4) is 0 Å². The molecule has 0 aliphatic carbocycles. The van der Waals surface area contributed by atoms with Crippen molar-refractivity contribution in [2.24, 2.45) is 0 Å². The number of carbonyl (C=O) groups is 1. The van der Waals surface area contributed by atoms with Crippen LogP contribution in [0, 0.1) is 0 Å². The monoisotopic (exact) mass is 407 g/mol. The standard InChI is InChI=1S/C25H49N3O/c1-4-6-8-10-12-13-14-16-18-20-25(29)27-23(3)28-22-21-26-24(28)19-17-15-11-9-7-5-2/h21-24,26H,4-20H2,1-3H3,(H,27,29). The highest BCUT2D eigenvalue weighted by molar-refractivity contribution is 5.76. The number of nitrogens with one attached hydrogen (secondary N) is 2. The highest BCUT2D eigenvalue weighted by Gasteiger charge is 2.23. The summed E-state index contributed by atoms with van der Waals surface area (Å²) in [7, 11) is 0. The van der Waals surface area contributed by atoms with Crippen molar-refractivity contribution in [3.8, 4) is 0 Å². The maximum absolute atomic E-state index is 12.3. The lowest BCUT2D eigenvalue weighted by atomic mass is 10.1. The van der Waals surface area contributed by atoms with E-state index in [9.17, 15) is 4.79 Å². The number of hydrogen-bond donors (Lipinski definition) is 2. The summed E-state index contributed by atoms with van der Waals surface area (Å²) in [6, 6.07) is 0. The van der Waals surface area contributed by atoms with E-state index in [4.69, 9.17) is 0 Å². The average Bonchev–Trinajstić information content (AvgIpc) is 3.18. The first-order chi connectivity index (χ1) is 14.2. The third-order valence-electron chi connectivity index (χ3n) is 6.05. The molecule has 2 unspecified atom stereocenters. The summed E-state index contributed by atoms with van der Waals surface area (Å²) in [5.41, 5.74) is 0. The summed E-state index contributed by atoms with van der Waals surface area (Å²) < 4.78 is 0. The Bertz CT molecular complexity index is 424. The smallest absolute Gasteiger partial charge is 0.221 e. The van der Waals surface area contributed by atoms with Gasteiger partial charge in [-0.25, -0.2) is 0 Å². The topological polar surface area (TPSA) is 44.4 Å². The molecule has 2 N–H and O–H groups in total. The van der Waals surface area contributed by atoms with Crippen molar-refractivity contribution in [2.75, 3.05) is 0 Å². The minimum atomic E-state index is 0.0532. The third kappa shape index (κ3) is 12.9. The summed E-state index contributed by atoms with van der Waals surface area (Å²) in [5.74, 6) is 0.194. The first-order valence-electron chi connectivity index (χ1n) is 12.7. The van der Waals surface area contributed by atoms with E-state index in [-0.39, 0.29) is 12.1 Å². The van der Waals surface area contributed by atoms with Gasteiger partial charge in [0.1, 0.15) is 0 Å². The van der Waals surface area contributed by atoms with Gasteiger partial charge in [0.25, 0.3) is 0 Å². The zero-order valence-electron chi connectivity index (χ0n) is 19.7. The van der Waals surface area contributed by atoms with Gasteiger partial charge in [-0.1, -0.05) is 97.3 Å². The Balaban J connectivity index is 2.08. The molecule has 29 heavy (non-hydrogen) atoms. The third-order valence-corrected chi connectivity index (χ3v) is 6.05. The van der Waals surface area contributed by atoms with Crippen molar-refractivity contribution in [1.29, 1.82) is 0 Å². The van der Waals surface area contributed by atoms with Gasteiger partial charge in [-0.3, -0.25) is 4.79 Å². The summed E-state index contributed by atoms with van der Waals surface area (Å²) in [5, 5.41) is 6.63. The van der Waals surface area contributed by atoms with E-state index in [0.717, 1.165) is 12.8 Å². The van der Waals surface area contributed by atoms with Gasteiger partial charge in [0.15, 0.2) is 0 Å². The number of nitrogens with zero attached hydrogens (tertiary/aromatic N) is 1. The zero-order chi connectivity index (χ0) is 21.2. The second-order valence-electron chi connectivity index (χ2n) is 8.82. The number of rotatable bonds is 19. The van der Waals surface area contributed by atoms with E-state index in [1.165, 1.54) is 89.9 Å². The van der Waals surface area contributed by atoms with E-state index in [0.29, 0.717) is 12.6 Å². The number of carbonyl (C=O) groups excluding carboxylic acids is 1. The first-order valence-corrected chi connectivity index (χ1v) is 12.7. The fraction of sp³-hybridized carbons (Fsp3) is 0.880. The first kappa shape index (κ1) is 25.8. The Hall–Kier alpha value is -1.19. The molecule has 4 heteroatoms. The van der Waals surface area contributed by atoms with Gasteiger partial charge in [-0.05, 0) is 26.2 Å². The van der Waals surface area contributed by atoms with Crippen LogP contribution in [0.2, 0.25) is 0 Å². The Kier molecular flexibility index (Phi) is 15.7. The molecular formula is C25H49N3O. The number of hydrogen-bond acceptors (Lipinski definition) is 3. The van der Waals surface area contributed by atoms with Crippen molar-refractivity contribution in [3.05, 3.63) is 12.4 Å². The Morgan fingerprint density at radius 3 is 1.97 bits per heavy atom. The maximum atomic E-state index is 12.3. The SMILES string of the molecule is CCCCCCCCCCCC(=O)NC(C)N1C=CNC1CCCCCCCC. The zero-order valence-corrected chi connectivity index (χ0v) is 19.7. The van der Waals surface area contributed by atoms with Gasteiger partial charge >= 0.3 is 0 Å². The van der Waals surface area contributed by atoms with Crippen molar-refractivity contribution >= 4 is 5.91 Å². The quantitative estimate of drug-likeness (QED) is 0.231. The number of unbranched alkanes of at least 4 members (excludes halogenated alkanes) is 13. The van der Waals surface area contributed by atoms with Crippen LogP contribution in [0.15, 0.2) is 12.4 Å². The molecule has 0 radical (unpaired) electrons. The molecule has 0 fully saturated rings. The number of amides is 1. The molecule has 1 heterocycles. The largest absolute Gasteiger partial charge is 0.370 e. The van der Waals surface area contributed by atoms with E-state index in [1.807, 2.05) is 6.20 Å². The minimum absolute atomic E-state index is 0.0532. The molecule has 0 aromatic rings. The van der Waals surface area contributed by atoms with Crippen molar-refractivity contribution in [3.63, 3.8) is 0 Å². The highest BCUT2D eigenvalue weighted by Crippen LogP contribution is 2.16. The Morgan fingerprint density at radius 2 is 1.38 bits per heavy atom. The maximum Gasteiger partial charge on any atom is 0.221 e. The van der Waals surface area contributed by atoms with Crippen molar-refractivity contribution in [1.82, 2.24) is 15.5 Å². The fourth-order valence-electron chi connectivity index (χ4n) is 4.16. The van der Waals surface area contributed by atoms with E-state index in [1.54, 1.807) is 0 Å². The second-order valence-corrected chi connectivity index (χ2v) is 8.82. The predicted molar refractivity (Wildman–Crippen MR) is 125 cm³/mol. The summed E-state index contributed by atoms with van der Waals surface area (Å²) in [4.78, 5) is 14.6. The molecule has 1 amide bonds. The molecule has 1 rings (SSSR count). The van der Waals surface area contributed by atoms with E-state index in [2.05, 4.69) is 42.5 Å². The van der Waals surface area contributed by atoms with Crippen LogP contribution in [-0.2, 0) is 4.79 Å². The van der Waals surface area contributed by atoms with Gasteiger partial charge in [-0.2, -0.15) is 0 Å². The van der Waals surface area contributed by atoms with Crippen molar-refractivity contribution < 1.29 is 4.79 Å². The van der Waals surface area contributed by atoms with Gasteiger partial charge in [0, 0.05) is 18.8 Å². The lowest BCUT2D eigenvalue weighted by Gasteiger charge is -2.32. The molecule has 2 atom stereocenters. The van der Waals surface area contributed by atoms with Gasteiger partial charge in [-0.15, -0.1) is 0 Å². The van der Waals surface area contributed by atoms with Gasteiger partial charge in [0.05, 0.1) is 12.3 Å². The van der Waals surface area contributed by atoms with E-state index < -0.39 is 0 Å². The molecule has 0 saturated heterocycles.